The van der Waals surface area contributed by atoms with E-state index in [-0.39, 0.29) is 0 Å². The molecule has 0 aliphatic carbocycles. The van der Waals surface area contributed by atoms with Gasteiger partial charge < -0.3 is 4.74 Å². The number of halogens is 1. The summed E-state index contributed by atoms with van der Waals surface area (Å²) in [6.45, 7) is 3.10. The summed E-state index contributed by atoms with van der Waals surface area (Å²) < 4.78 is 16.2. The third kappa shape index (κ3) is 3.48. The Bertz CT molecular complexity index is 322. The average Bonchev–Trinajstić information content (AvgIpc) is 2.22. The highest BCUT2D eigenvalue weighted by Gasteiger charge is 1.98. The van der Waals surface area contributed by atoms with E-state index >= 15 is 0 Å². The van der Waals surface area contributed by atoms with Crippen LogP contribution in [0.15, 0.2) is 18.2 Å². The maximum absolute atomic E-state index is 11.7. The Morgan fingerprint density at radius 1 is 1.50 bits per heavy atom. The highest BCUT2D eigenvalue weighted by Crippen LogP contribution is 2.08. The molecule has 0 amide bonds. The Kier molecular flexibility index (Phi) is 6.22. The topological polar surface area (TPSA) is 33.0 Å². The number of alkyl halides is 1. The normalized spacial score (nSPS) is 8.14. The van der Waals surface area contributed by atoms with Crippen LogP contribution in [0, 0.1) is 11.3 Å². The van der Waals surface area contributed by atoms with Crippen LogP contribution in [-0.2, 0) is 0 Å². The first-order chi connectivity index (χ1) is 6.77. The van der Waals surface area contributed by atoms with Gasteiger partial charge in [-0.25, -0.2) is 4.39 Å². The van der Waals surface area contributed by atoms with Crippen LogP contribution >= 0.6 is 0 Å². The van der Waals surface area contributed by atoms with Crippen molar-refractivity contribution in [3.8, 4) is 11.8 Å². The SMILES string of the molecule is CC.[B]c1cc(OCF)ccc1C#N. The van der Waals surface area contributed by atoms with E-state index in [0.29, 0.717) is 16.8 Å². The van der Waals surface area contributed by atoms with Crippen molar-refractivity contribution < 1.29 is 9.13 Å². The van der Waals surface area contributed by atoms with E-state index in [1.807, 2.05) is 19.9 Å². The maximum Gasteiger partial charge on any atom is 0.228 e. The first kappa shape index (κ1) is 12.5. The molecule has 0 spiro atoms. The molecule has 2 nitrogen and oxygen atoms in total. The third-order valence-corrected chi connectivity index (χ3v) is 1.36. The van der Waals surface area contributed by atoms with Gasteiger partial charge in [0, 0.05) is 5.56 Å². The zero-order valence-corrected chi connectivity index (χ0v) is 8.25. The second-order valence-corrected chi connectivity index (χ2v) is 2.11. The molecule has 4 heteroatoms. The van der Waals surface area contributed by atoms with Crippen molar-refractivity contribution in [1.29, 1.82) is 5.26 Å². The summed E-state index contributed by atoms with van der Waals surface area (Å²) in [5.41, 5.74) is 0.657. The second kappa shape index (κ2) is 6.96. The van der Waals surface area contributed by atoms with Crippen LogP contribution in [0.3, 0.4) is 0 Å². The van der Waals surface area contributed by atoms with Gasteiger partial charge in [-0.05, 0) is 18.2 Å². The number of nitrogens with zero attached hydrogens (tertiary/aromatic N) is 1. The Labute approximate surface area is 84.7 Å². The Morgan fingerprint density at radius 3 is 2.57 bits per heavy atom. The third-order valence-electron chi connectivity index (χ3n) is 1.36. The molecule has 0 bridgehead atoms. The molecule has 0 atom stereocenters. The quantitative estimate of drug-likeness (QED) is 0.666. The molecule has 1 aromatic carbocycles. The van der Waals surface area contributed by atoms with Crippen molar-refractivity contribution in [3.05, 3.63) is 23.8 Å². The fourth-order valence-electron chi connectivity index (χ4n) is 0.795. The molecule has 1 aromatic rings. The van der Waals surface area contributed by atoms with Gasteiger partial charge >= 0.3 is 0 Å². The van der Waals surface area contributed by atoms with E-state index in [4.69, 9.17) is 13.1 Å². The lowest BCUT2D eigenvalue weighted by Gasteiger charge is -2.02. The van der Waals surface area contributed by atoms with Gasteiger partial charge in [0.15, 0.2) is 0 Å². The first-order valence-electron chi connectivity index (χ1n) is 4.26. The van der Waals surface area contributed by atoms with Crippen molar-refractivity contribution in [2.75, 3.05) is 6.86 Å². The summed E-state index contributed by atoms with van der Waals surface area (Å²) in [6, 6.07) is 6.29. The standard InChI is InChI=1S/C8H5BFNO.C2H6/c9-8-3-7(12-5-10)2-1-6(8)4-11;1-2/h1-3H,5H2;1-2H3. The number of nitriles is 1. The Hall–Kier alpha value is -1.50. The molecule has 0 aliphatic rings. The second-order valence-electron chi connectivity index (χ2n) is 2.11. The van der Waals surface area contributed by atoms with Gasteiger partial charge in [0.2, 0.25) is 6.86 Å². The molecule has 2 radical (unpaired) electrons. The van der Waals surface area contributed by atoms with Crippen molar-refractivity contribution in [2.24, 2.45) is 0 Å². The lowest BCUT2D eigenvalue weighted by Crippen LogP contribution is -2.08. The number of hydrogen-bond donors (Lipinski definition) is 0. The lowest BCUT2D eigenvalue weighted by molar-refractivity contribution is 0.192. The first-order valence-corrected chi connectivity index (χ1v) is 4.26. The van der Waals surface area contributed by atoms with Gasteiger partial charge in [-0.1, -0.05) is 19.3 Å². The van der Waals surface area contributed by atoms with Crippen molar-refractivity contribution in [1.82, 2.24) is 0 Å². The van der Waals surface area contributed by atoms with Crippen molar-refractivity contribution >= 4 is 13.3 Å². The minimum absolute atomic E-state index is 0.295. The summed E-state index contributed by atoms with van der Waals surface area (Å²) in [5, 5.41) is 8.49. The molecule has 0 unspecified atom stereocenters. The van der Waals surface area contributed by atoms with Gasteiger partial charge in [0.25, 0.3) is 0 Å². The van der Waals surface area contributed by atoms with E-state index in [1.165, 1.54) is 18.2 Å². The zero-order valence-electron chi connectivity index (χ0n) is 8.25. The van der Waals surface area contributed by atoms with E-state index in [1.54, 1.807) is 0 Å². The number of benzene rings is 1. The highest BCUT2D eigenvalue weighted by atomic mass is 19.1. The van der Waals surface area contributed by atoms with Crippen LogP contribution in [0.4, 0.5) is 4.39 Å². The molecular weight excluding hydrogens is 180 g/mol. The number of ether oxygens (including phenoxy) is 1. The van der Waals surface area contributed by atoms with Gasteiger partial charge in [0.05, 0.1) is 6.07 Å². The number of rotatable bonds is 2. The summed E-state index contributed by atoms with van der Waals surface area (Å²) in [7, 11) is 5.44. The van der Waals surface area contributed by atoms with Crippen LogP contribution in [0.1, 0.15) is 19.4 Å². The summed E-state index contributed by atoms with van der Waals surface area (Å²) in [6.07, 6.45) is 0. The predicted octanol–water partition coefficient (Wildman–Crippen LogP) is 1.68. The van der Waals surface area contributed by atoms with Gasteiger partial charge in [-0.2, -0.15) is 5.26 Å². The molecule has 14 heavy (non-hydrogen) atoms. The van der Waals surface area contributed by atoms with E-state index in [0.717, 1.165) is 0 Å². The minimum Gasteiger partial charge on any atom is -0.463 e. The van der Waals surface area contributed by atoms with E-state index in [9.17, 15) is 4.39 Å². The van der Waals surface area contributed by atoms with E-state index < -0.39 is 6.86 Å². The molecule has 1 rings (SSSR count). The Balaban J connectivity index is 0.000000791. The van der Waals surface area contributed by atoms with Crippen LogP contribution in [-0.4, -0.2) is 14.7 Å². The molecule has 0 saturated heterocycles. The van der Waals surface area contributed by atoms with Crippen molar-refractivity contribution in [3.63, 3.8) is 0 Å². The monoisotopic (exact) mass is 191 g/mol. The molecule has 0 aromatic heterocycles. The Morgan fingerprint density at radius 2 is 2.14 bits per heavy atom. The molecular formula is C10H11BFNO. The van der Waals surface area contributed by atoms with E-state index in [2.05, 4.69) is 4.74 Å². The smallest absolute Gasteiger partial charge is 0.228 e. The highest BCUT2D eigenvalue weighted by molar-refractivity contribution is 6.33. The summed E-state index contributed by atoms with van der Waals surface area (Å²) in [5.74, 6) is 0.328. The van der Waals surface area contributed by atoms with Crippen LogP contribution in [0.5, 0.6) is 5.75 Å². The predicted molar refractivity (Wildman–Crippen MR) is 54.5 cm³/mol. The molecule has 0 fully saturated rings. The van der Waals surface area contributed by atoms with Crippen LogP contribution in [0.25, 0.3) is 0 Å². The average molecular weight is 191 g/mol. The number of hydrogen-bond acceptors (Lipinski definition) is 2. The summed E-state index contributed by atoms with van der Waals surface area (Å²) in [4.78, 5) is 0. The lowest BCUT2D eigenvalue weighted by atomic mass is 9.91. The summed E-state index contributed by atoms with van der Waals surface area (Å²) >= 11 is 0. The molecule has 0 N–H and O–H groups in total. The molecule has 72 valence electrons. The molecule has 0 heterocycles. The van der Waals surface area contributed by atoms with Gasteiger partial charge in [-0.3, -0.25) is 0 Å². The van der Waals surface area contributed by atoms with Crippen molar-refractivity contribution in [2.45, 2.75) is 13.8 Å². The van der Waals surface area contributed by atoms with Crippen LogP contribution < -0.4 is 10.2 Å². The fourth-order valence-corrected chi connectivity index (χ4v) is 0.795. The minimum atomic E-state index is -0.897. The zero-order chi connectivity index (χ0) is 11.0. The molecule has 0 aliphatic heterocycles. The van der Waals surface area contributed by atoms with Gasteiger partial charge in [0.1, 0.15) is 13.6 Å². The fraction of sp³-hybridized carbons (Fsp3) is 0.300. The molecule has 0 saturated carbocycles. The maximum atomic E-state index is 11.7. The van der Waals surface area contributed by atoms with Gasteiger partial charge in [-0.15, -0.1) is 0 Å². The largest absolute Gasteiger partial charge is 0.463 e. The van der Waals surface area contributed by atoms with Crippen LogP contribution in [0.2, 0.25) is 0 Å².